The highest BCUT2D eigenvalue weighted by atomic mass is 32.2. The molecule has 0 amide bonds. The average Bonchev–Trinajstić information content (AvgIpc) is 3.37. The monoisotopic (exact) mass is 550 g/mol. The Balaban J connectivity index is 1.64. The summed E-state index contributed by atoms with van der Waals surface area (Å²) in [4.78, 5) is 14.2. The van der Waals surface area contributed by atoms with E-state index in [2.05, 4.69) is 124 Å². The van der Waals surface area contributed by atoms with Gasteiger partial charge in [-0.15, -0.1) is 0 Å². The highest BCUT2D eigenvalue weighted by Crippen LogP contribution is 2.46. The van der Waals surface area contributed by atoms with E-state index in [9.17, 15) is 0 Å². The summed E-state index contributed by atoms with van der Waals surface area (Å²) in [6, 6.07) is 42.3. The average molecular weight is 551 g/mol. The fourth-order valence-electron chi connectivity index (χ4n) is 5.86. The molecule has 0 N–H and O–H groups in total. The lowest BCUT2D eigenvalue weighted by molar-refractivity contribution is 0.546. The molecule has 7 aromatic rings. The number of hydrogen-bond acceptors (Lipinski definition) is 5. The number of hydrogen-bond donors (Lipinski definition) is 0. The first-order valence-electron chi connectivity index (χ1n) is 13.4. The van der Waals surface area contributed by atoms with Crippen LogP contribution in [-0.2, 0) is 5.54 Å². The maximum atomic E-state index is 5.62. The fourth-order valence-corrected chi connectivity index (χ4v) is 6.12. The van der Waals surface area contributed by atoms with Crippen molar-refractivity contribution in [3.63, 3.8) is 0 Å². The van der Waals surface area contributed by atoms with Gasteiger partial charge >= 0.3 is 0 Å². The highest BCUT2D eigenvalue weighted by molar-refractivity contribution is 7.94. The lowest BCUT2D eigenvalue weighted by Gasteiger charge is -2.38. The normalized spacial score (nSPS) is 11.6. The molecular formula is C35H26N4OS. The largest absolute Gasteiger partial charge is 0.406 e. The molecule has 4 heterocycles. The van der Waals surface area contributed by atoms with Crippen LogP contribution in [0.25, 0.3) is 33.2 Å². The van der Waals surface area contributed by atoms with Crippen molar-refractivity contribution >= 4 is 34.0 Å². The second-order valence-corrected chi connectivity index (χ2v) is 10.2. The number of aromatic nitrogens is 4. The maximum Gasteiger partial charge on any atom is 0.228 e. The minimum atomic E-state index is -0.720. The van der Waals surface area contributed by atoms with E-state index in [1.807, 2.05) is 30.8 Å². The van der Waals surface area contributed by atoms with E-state index in [-0.39, 0.29) is 0 Å². The second kappa shape index (κ2) is 10.6. The third kappa shape index (κ3) is 4.15. The quantitative estimate of drug-likeness (QED) is 0.148. The zero-order valence-electron chi connectivity index (χ0n) is 22.4. The Morgan fingerprint density at radius 1 is 0.683 bits per heavy atom. The van der Waals surface area contributed by atoms with Gasteiger partial charge in [0.25, 0.3) is 0 Å². The number of pyridine rings is 3. The highest BCUT2D eigenvalue weighted by Gasteiger charge is 2.41. The van der Waals surface area contributed by atoms with Gasteiger partial charge in [-0.05, 0) is 41.0 Å². The van der Waals surface area contributed by atoms with E-state index in [0.29, 0.717) is 5.88 Å². The van der Waals surface area contributed by atoms with E-state index < -0.39 is 5.54 Å². The first-order chi connectivity index (χ1) is 20.3. The molecule has 0 aliphatic rings. The summed E-state index contributed by atoms with van der Waals surface area (Å²) >= 11 is 1.27. The molecule has 0 radical (unpaired) electrons. The topological polar surface area (TPSA) is 52.8 Å². The Morgan fingerprint density at radius 2 is 1.32 bits per heavy atom. The minimum absolute atomic E-state index is 0.550. The molecule has 0 spiro atoms. The molecule has 7 rings (SSSR count). The van der Waals surface area contributed by atoms with Gasteiger partial charge < -0.3 is 8.75 Å². The SMILES string of the molecule is CSOc1cc(-c2ccc3c4cnccc4n(C(c4ccccc4)(c4ccccc4)c4ccccc4)c3n2)ccn1. The van der Waals surface area contributed by atoms with Crippen LogP contribution in [0, 0.1) is 0 Å². The van der Waals surface area contributed by atoms with Crippen molar-refractivity contribution in [3.05, 3.63) is 157 Å². The van der Waals surface area contributed by atoms with E-state index in [1.165, 1.54) is 12.0 Å². The molecule has 0 atom stereocenters. The summed E-state index contributed by atoms with van der Waals surface area (Å²) in [5.74, 6) is 0.550. The number of nitrogens with zero attached hydrogens (tertiary/aromatic N) is 4. The van der Waals surface area contributed by atoms with Crippen molar-refractivity contribution in [2.75, 3.05) is 6.26 Å². The molecule has 41 heavy (non-hydrogen) atoms. The molecule has 0 saturated carbocycles. The van der Waals surface area contributed by atoms with Gasteiger partial charge in [-0.3, -0.25) is 4.98 Å². The number of fused-ring (bicyclic) bond motifs is 3. The molecule has 198 valence electrons. The van der Waals surface area contributed by atoms with Crippen molar-refractivity contribution in [2.24, 2.45) is 0 Å². The predicted molar refractivity (Wildman–Crippen MR) is 167 cm³/mol. The van der Waals surface area contributed by atoms with Crippen LogP contribution in [0.5, 0.6) is 5.88 Å². The Kier molecular flexibility index (Phi) is 6.45. The number of benzene rings is 3. The molecule has 0 fully saturated rings. The van der Waals surface area contributed by atoms with E-state index in [1.54, 1.807) is 6.20 Å². The smallest absolute Gasteiger partial charge is 0.228 e. The summed E-state index contributed by atoms with van der Waals surface area (Å²) in [5.41, 5.74) is 6.39. The Bertz CT molecular complexity index is 1860. The molecule has 0 saturated heterocycles. The molecule has 5 nitrogen and oxygen atoms in total. The van der Waals surface area contributed by atoms with Crippen LogP contribution < -0.4 is 4.18 Å². The molecular weight excluding hydrogens is 524 g/mol. The molecule has 0 bridgehead atoms. The van der Waals surface area contributed by atoms with Crippen molar-refractivity contribution < 1.29 is 4.18 Å². The lowest BCUT2D eigenvalue weighted by atomic mass is 9.76. The minimum Gasteiger partial charge on any atom is -0.406 e. The van der Waals surface area contributed by atoms with Crippen LogP contribution in [0.15, 0.2) is 140 Å². The Labute approximate surface area is 242 Å². The molecule has 0 aliphatic carbocycles. The van der Waals surface area contributed by atoms with Crippen molar-refractivity contribution in [3.8, 4) is 17.1 Å². The standard InChI is InChI=1S/C35H26N4OS/c1-41-40-33-23-25(19-22-37-33)31-18-17-29-30-24-36-21-20-32(30)39(34(29)38-31)35(26-11-5-2-6-12-26,27-13-7-3-8-14-27)28-15-9-4-10-16-28/h2-24H,1H3. The molecule has 6 heteroatoms. The zero-order chi connectivity index (χ0) is 27.6. The third-order valence-electron chi connectivity index (χ3n) is 7.53. The summed E-state index contributed by atoms with van der Waals surface area (Å²) in [6.45, 7) is 0. The maximum absolute atomic E-state index is 5.62. The molecule has 0 aliphatic heterocycles. The Morgan fingerprint density at radius 3 is 1.93 bits per heavy atom. The summed E-state index contributed by atoms with van der Waals surface area (Å²) in [7, 11) is 0. The van der Waals surface area contributed by atoms with E-state index >= 15 is 0 Å². The second-order valence-electron chi connectivity index (χ2n) is 9.74. The van der Waals surface area contributed by atoms with Gasteiger partial charge in [-0.2, -0.15) is 0 Å². The molecule has 3 aromatic carbocycles. The van der Waals surface area contributed by atoms with Crippen LogP contribution in [0.3, 0.4) is 0 Å². The third-order valence-corrected chi connectivity index (χ3v) is 7.86. The van der Waals surface area contributed by atoms with E-state index in [0.717, 1.165) is 49.9 Å². The number of rotatable bonds is 7. The summed E-state index contributed by atoms with van der Waals surface area (Å²) in [6.07, 6.45) is 7.44. The van der Waals surface area contributed by atoms with Gasteiger partial charge in [0, 0.05) is 47.2 Å². The first kappa shape index (κ1) is 25.1. The van der Waals surface area contributed by atoms with Crippen LogP contribution in [0.2, 0.25) is 0 Å². The van der Waals surface area contributed by atoms with Crippen molar-refractivity contribution in [1.29, 1.82) is 0 Å². The predicted octanol–water partition coefficient (Wildman–Crippen LogP) is 8.14. The Hall–Kier alpha value is -4.94. The first-order valence-corrected chi connectivity index (χ1v) is 14.5. The molecule has 0 unspecified atom stereocenters. The van der Waals surface area contributed by atoms with Gasteiger partial charge in [0.2, 0.25) is 5.88 Å². The van der Waals surface area contributed by atoms with Crippen molar-refractivity contribution in [2.45, 2.75) is 5.54 Å². The fraction of sp³-hybridized carbons (Fsp3) is 0.0571. The van der Waals surface area contributed by atoms with Crippen LogP contribution >= 0.6 is 12.0 Å². The van der Waals surface area contributed by atoms with Gasteiger partial charge in [-0.25, -0.2) is 9.97 Å². The zero-order valence-corrected chi connectivity index (χ0v) is 23.2. The van der Waals surface area contributed by atoms with Gasteiger partial charge in [0.15, 0.2) is 0 Å². The van der Waals surface area contributed by atoms with Gasteiger partial charge in [0.05, 0.1) is 23.3 Å². The van der Waals surface area contributed by atoms with Crippen LogP contribution in [0.4, 0.5) is 0 Å². The van der Waals surface area contributed by atoms with Gasteiger partial charge in [0.1, 0.15) is 11.2 Å². The van der Waals surface area contributed by atoms with Crippen molar-refractivity contribution in [1.82, 2.24) is 19.5 Å². The summed E-state index contributed by atoms with van der Waals surface area (Å²) < 4.78 is 8.01. The van der Waals surface area contributed by atoms with E-state index in [4.69, 9.17) is 9.17 Å². The summed E-state index contributed by atoms with van der Waals surface area (Å²) in [5, 5.41) is 2.09. The van der Waals surface area contributed by atoms with Gasteiger partial charge in [-0.1, -0.05) is 91.0 Å². The van der Waals surface area contributed by atoms with Crippen LogP contribution in [0.1, 0.15) is 16.7 Å². The lowest BCUT2D eigenvalue weighted by Crippen LogP contribution is -2.37. The molecule has 4 aromatic heterocycles. The van der Waals surface area contributed by atoms with Crippen LogP contribution in [-0.4, -0.2) is 25.8 Å².